The van der Waals surface area contributed by atoms with Gasteiger partial charge < -0.3 is 15.5 Å². The maximum absolute atomic E-state index is 12.7. The molecular formula is C23H29N5O. The van der Waals surface area contributed by atoms with Crippen LogP contribution in [0.4, 0.5) is 5.69 Å². The molecule has 2 aromatic rings. The second-order valence-electron chi connectivity index (χ2n) is 7.70. The lowest BCUT2D eigenvalue weighted by Crippen LogP contribution is -2.48. The van der Waals surface area contributed by atoms with Crippen LogP contribution in [-0.2, 0) is 17.8 Å². The van der Waals surface area contributed by atoms with Gasteiger partial charge in [-0.05, 0) is 30.0 Å². The summed E-state index contributed by atoms with van der Waals surface area (Å²) in [4.78, 5) is 21.3. The number of fused-ring (bicyclic) bond motifs is 1. The third kappa shape index (κ3) is 4.77. The first-order valence-corrected chi connectivity index (χ1v) is 10.3. The first kappa shape index (κ1) is 19.5. The number of hydrogen-bond donors (Lipinski definition) is 2. The Labute approximate surface area is 172 Å². The van der Waals surface area contributed by atoms with Crippen molar-refractivity contribution in [1.29, 1.82) is 0 Å². The van der Waals surface area contributed by atoms with Crippen LogP contribution in [0.15, 0.2) is 59.6 Å². The number of amides is 1. The van der Waals surface area contributed by atoms with Gasteiger partial charge in [-0.1, -0.05) is 48.5 Å². The van der Waals surface area contributed by atoms with Crippen LogP contribution >= 0.6 is 0 Å². The fourth-order valence-corrected chi connectivity index (χ4v) is 4.18. The molecule has 1 saturated heterocycles. The quantitative estimate of drug-likeness (QED) is 0.605. The number of likely N-dealkylation sites (tertiary alicyclic amines) is 1. The standard InChI is InChI=1S/C23H29N5O/c1-24-23(25-15-22(29)28-14-11-19-9-5-6-10-21(19)28)26-20-12-13-27(17-20)16-18-7-3-2-4-8-18/h2-10,20H,11-17H2,1H3,(H2,24,25,26). The number of para-hydroxylation sites is 1. The van der Waals surface area contributed by atoms with Gasteiger partial charge in [0.2, 0.25) is 5.91 Å². The molecule has 152 valence electrons. The Morgan fingerprint density at radius 2 is 1.90 bits per heavy atom. The number of hydrogen-bond acceptors (Lipinski definition) is 3. The molecule has 0 bridgehead atoms. The van der Waals surface area contributed by atoms with E-state index in [-0.39, 0.29) is 12.5 Å². The monoisotopic (exact) mass is 391 g/mol. The molecule has 1 amide bonds. The van der Waals surface area contributed by atoms with E-state index in [9.17, 15) is 4.79 Å². The van der Waals surface area contributed by atoms with Gasteiger partial charge in [0.05, 0.1) is 6.54 Å². The van der Waals surface area contributed by atoms with Gasteiger partial charge in [0, 0.05) is 45.0 Å². The summed E-state index contributed by atoms with van der Waals surface area (Å²) in [5, 5.41) is 6.67. The number of benzene rings is 2. The largest absolute Gasteiger partial charge is 0.352 e. The number of rotatable bonds is 5. The van der Waals surface area contributed by atoms with E-state index in [0.29, 0.717) is 12.0 Å². The lowest BCUT2D eigenvalue weighted by Gasteiger charge is -2.21. The van der Waals surface area contributed by atoms with Crippen molar-refractivity contribution >= 4 is 17.6 Å². The molecule has 2 N–H and O–H groups in total. The van der Waals surface area contributed by atoms with Crippen LogP contribution in [0.1, 0.15) is 17.5 Å². The second kappa shape index (κ2) is 9.09. The van der Waals surface area contributed by atoms with E-state index in [2.05, 4.69) is 56.9 Å². The van der Waals surface area contributed by atoms with Gasteiger partial charge in [-0.15, -0.1) is 0 Å². The van der Waals surface area contributed by atoms with Gasteiger partial charge in [0.15, 0.2) is 5.96 Å². The molecule has 29 heavy (non-hydrogen) atoms. The molecule has 1 unspecified atom stereocenters. The van der Waals surface area contributed by atoms with E-state index in [1.807, 2.05) is 23.1 Å². The third-order valence-electron chi connectivity index (χ3n) is 5.68. The van der Waals surface area contributed by atoms with Crippen LogP contribution in [0.3, 0.4) is 0 Å². The van der Waals surface area contributed by atoms with Crippen molar-refractivity contribution in [3.05, 3.63) is 65.7 Å². The van der Waals surface area contributed by atoms with Crippen LogP contribution in [0.25, 0.3) is 0 Å². The Balaban J connectivity index is 1.25. The van der Waals surface area contributed by atoms with E-state index in [4.69, 9.17) is 0 Å². The summed E-state index contributed by atoms with van der Waals surface area (Å²) in [5.74, 6) is 0.771. The minimum absolute atomic E-state index is 0.0787. The Morgan fingerprint density at radius 3 is 2.72 bits per heavy atom. The van der Waals surface area contributed by atoms with Crippen molar-refractivity contribution in [3.8, 4) is 0 Å². The lowest BCUT2D eigenvalue weighted by atomic mass is 10.2. The first-order chi connectivity index (χ1) is 14.2. The molecule has 2 aliphatic rings. The molecule has 0 saturated carbocycles. The molecule has 6 nitrogen and oxygen atoms in total. The van der Waals surface area contributed by atoms with E-state index in [1.165, 1.54) is 11.1 Å². The van der Waals surface area contributed by atoms with Gasteiger partial charge in [0.25, 0.3) is 0 Å². The minimum Gasteiger partial charge on any atom is -0.352 e. The Bertz CT molecular complexity index is 867. The molecule has 6 heteroatoms. The zero-order chi connectivity index (χ0) is 20.1. The fraction of sp³-hybridized carbons (Fsp3) is 0.391. The van der Waals surface area contributed by atoms with Crippen molar-refractivity contribution in [3.63, 3.8) is 0 Å². The lowest BCUT2D eigenvalue weighted by molar-refractivity contribution is -0.117. The molecule has 1 atom stereocenters. The first-order valence-electron chi connectivity index (χ1n) is 10.3. The summed E-state index contributed by atoms with van der Waals surface area (Å²) in [6, 6.07) is 19.0. The van der Waals surface area contributed by atoms with Gasteiger partial charge in [0.1, 0.15) is 0 Å². The van der Waals surface area contributed by atoms with E-state index in [1.54, 1.807) is 7.05 Å². The summed E-state index contributed by atoms with van der Waals surface area (Å²) < 4.78 is 0. The average molecular weight is 392 g/mol. The molecule has 0 radical (unpaired) electrons. The van der Waals surface area contributed by atoms with Gasteiger partial charge in [-0.3, -0.25) is 14.7 Å². The zero-order valence-corrected chi connectivity index (χ0v) is 17.0. The van der Waals surface area contributed by atoms with Crippen LogP contribution in [0.2, 0.25) is 0 Å². The van der Waals surface area contributed by atoms with Crippen molar-refractivity contribution in [2.75, 3.05) is 38.1 Å². The van der Waals surface area contributed by atoms with Crippen LogP contribution in [0.5, 0.6) is 0 Å². The maximum Gasteiger partial charge on any atom is 0.246 e. The Kier molecular flexibility index (Phi) is 6.10. The highest BCUT2D eigenvalue weighted by Gasteiger charge is 2.25. The second-order valence-corrected chi connectivity index (χ2v) is 7.70. The molecular weight excluding hydrogens is 362 g/mol. The van der Waals surface area contributed by atoms with Crippen molar-refractivity contribution < 1.29 is 4.79 Å². The van der Waals surface area contributed by atoms with Crippen LogP contribution < -0.4 is 15.5 Å². The van der Waals surface area contributed by atoms with E-state index >= 15 is 0 Å². The van der Waals surface area contributed by atoms with E-state index in [0.717, 1.165) is 44.7 Å². The Morgan fingerprint density at radius 1 is 1.10 bits per heavy atom. The number of guanidine groups is 1. The maximum atomic E-state index is 12.7. The van der Waals surface area contributed by atoms with Crippen molar-refractivity contribution in [2.24, 2.45) is 4.99 Å². The Hall–Kier alpha value is -2.86. The number of anilines is 1. The average Bonchev–Trinajstić information content (AvgIpc) is 3.38. The SMILES string of the molecule is CN=C(NCC(=O)N1CCc2ccccc21)NC1CCN(Cc2ccccc2)C1. The van der Waals surface area contributed by atoms with Crippen LogP contribution in [-0.4, -0.2) is 56.0 Å². The molecule has 2 heterocycles. The summed E-state index contributed by atoms with van der Waals surface area (Å²) in [6.07, 6.45) is 2.00. The number of aliphatic imine (C=N–C) groups is 1. The number of nitrogens with one attached hydrogen (secondary N) is 2. The molecule has 4 rings (SSSR count). The molecule has 2 aromatic carbocycles. The van der Waals surface area contributed by atoms with Gasteiger partial charge in [-0.2, -0.15) is 0 Å². The van der Waals surface area contributed by atoms with Crippen LogP contribution in [0, 0.1) is 0 Å². The molecule has 0 spiro atoms. The number of nitrogens with zero attached hydrogens (tertiary/aromatic N) is 3. The highest BCUT2D eigenvalue weighted by atomic mass is 16.2. The summed E-state index contributed by atoms with van der Waals surface area (Å²) >= 11 is 0. The van der Waals surface area contributed by atoms with E-state index < -0.39 is 0 Å². The fourth-order valence-electron chi connectivity index (χ4n) is 4.18. The smallest absolute Gasteiger partial charge is 0.246 e. The highest BCUT2D eigenvalue weighted by Crippen LogP contribution is 2.27. The van der Waals surface area contributed by atoms with Crippen molar-refractivity contribution in [1.82, 2.24) is 15.5 Å². The van der Waals surface area contributed by atoms with Gasteiger partial charge >= 0.3 is 0 Å². The summed E-state index contributed by atoms with van der Waals surface area (Å²) in [5.41, 5.74) is 3.62. The number of carbonyl (C=O) groups excluding carboxylic acids is 1. The summed E-state index contributed by atoms with van der Waals surface area (Å²) in [6.45, 7) is 4.01. The predicted octanol–water partition coefficient (Wildman–Crippen LogP) is 2.02. The normalized spacial score (nSPS) is 19.3. The highest BCUT2D eigenvalue weighted by molar-refractivity contribution is 5.98. The molecule has 0 aliphatic carbocycles. The third-order valence-corrected chi connectivity index (χ3v) is 5.68. The zero-order valence-electron chi connectivity index (χ0n) is 17.0. The molecule has 2 aliphatic heterocycles. The molecule has 0 aromatic heterocycles. The summed E-state index contributed by atoms with van der Waals surface area (Å²) in [7, 11) is 1.75. The minimum atomic E-state index is 0.0787. The predicted molar refractivity (Wildman–Crippen MR) is 117 cm³/mol. The molecule has 1 fully saturated rings. The van der Waals surface area contributed by atoms with Gasteiger partial charge in [-0.25, -0.2) is 0 Å². The van der Waals surface area contributed by atoms with Crippen molar-refractivity contribution in [2.45, 2.75) is 25.4 Å². The number of carbonyl (C=O) groups is 1. The topological polar surface area (TPSA) is 60.0 Å².